The number of nitrogens with zero attached hydrogens (tertiary/aromatic N) is 1. The van der Waals surface area contributed by atoms with Crippen LogP contribution in [0.25, 0.3) is 33.2 Å². The molecule has 0 unspecified atom stereocenters. The number of oxazole rings is 1. The van der Waals surface area contributed by atoms with E-state index in [1.54, 1.807) is 6.07 Å². The van der Waals surface area contributed by atoms with E-state index in [9.17, 15) is 4.79 Å². The van der Waals surface area contributed by atoms with E-state index < -0.39 is 5.63 Å². The Hall–Kier alpha value is -3.32. The summed E-state index contributed by atoms with van der Waals surface area (Å²) < 4.78 is 26.2. The maximum absolute atomic E-state index is 12.1. The van der Waals surface area contributed by atoms with Crippen LogP contribution in [0.2, 0.25) is 0 Å². The fraction of sp³-hybridized carbons (Fsp3) is 0.200. The van der Waals surface area contributed by atoms with Gasteiger partial charge in [0.1, 0.15) is 11.1 Å². The number of hydrogen-bond donors (Lipinski definition) is 0. The molecule has 5 rings (SSSR count). The third kappa shape index (κ3) is 2.92. The summed E-state index contributed by atoms with van der Waals surface area (Å²) in [6, 6.07) is 13.0. The van der Waals surface area contributed by atoms with Gasteiger partial charge in [0.2, 0.25) is 16.7 Å². The first-order valence-electron chi connectivity index (χ1n) is 8.64. The van der Waals surface area contributed by atoms with Gasteiger partial charge in [-0.1, -0.05) is 18.2 Å². The predicted octanol–water partition coefficient (Wildman–Crippen LogP) is 4.42. The summed E-state index contributed by atoms with van der Waals surface area (Å²) in [6.45, 7) is 1.03. The fourth-order valence-electron chi connectivity index (χ4n) is 3.04. The van der Waals surface area contributed by atoms with Crippen LogP contribution in [0.1, 0.15) is 17.9 Å². The second-order valence-corrected chi connectivity index (χ2v) is 6.27. The van der Waals surface area contributed by atoms with Crippen LogP contribution in [0.3, 0.4) is 0 Å². The normalized spacial score (nSPS) is 11.9. The number of ether oxygens (including phenoxy) is 1. The molecule has 0 radical (unpaired) electrons. The van der Waals surface area contributed by atoms with Crippen molar-refractivity contribution >= 4 is 33.2 Å². The Morgan fingerprint density at radius 3 is 2.70 bits per heavy atom. The van der Waals surface area contributed by atoms with Gasteiger partial charge in [-0.15, -0.1) is 0 Å². The molecule has 0 aliphatic rings. The molecule has 0 amide bonds. The molecule has 3 aromatic heterocycles. The predicted molar refractivity (Wildman–Crippen MR) is 96.5 cm³/mol. The maximum atomic E-state index is 12.1. The lowest BCUT2D eigenvalue weighted by Crippen LogP contribution is -1.98. The number of fused-ring (bicyclic) bond motifs is 4. The maximum Gasteiger partial charge on any atom is 0.382 e. The van der Waals surface area contributed by atoms with E-state index >= 15 is 0 Å². The zero-order valence-electron chi connectivity index (χ0n) is 14.3. The molecule has 0 saturated carbocycles. The summed E-state index contributed by atoms with van der Waals surface area (Å²) in [7, 11) is 0. The molecule has 0 bridgehead atoms. The summed E-state index contributed by atoms with van der Waals surface area (Å²) in [4.78, 5) is 16.5. The first kappa shape index (κ1) is 15.9. The quantitative estimate of drug-likeness (QED) is 0.250. The lowest BCUT2D eigenvalue weighted by molar-refractivity contribution is 0.0583. The fourth-order valence-corrected chi connectivity index (χ4v) is 3.04. The van der Waals surface area contributed by atoms with Crippen LogP contribution in [0.4, 0.5) is 0 Å². The zero-order chi connectivity index (χ0) is 18.2. The van der Waals surface area contributed by atoms with Gasteiger partial charge < -0.3 is 13.6 Å². The van der Waals surface area contributed by atoms with Gasteiger partial charge in [-0.05, 0) is 36.2 Å². The van der Waals surface area contributed by atoms with E-state index in [1.165, 1.54) is 0 Å². The Kier molecular flexibility index (Phi) is 3.79. The minimum absolute atomic E-state index is 0.161. The van der Waals surface area contributed by atoms with Gasteiger partial charge >= 0.3 is 5.63 Å². The highest BCUT2D eigenvalue weighted by atomic mass is 17.0. The molecular weight excluding hydrogens is 350 g/mol. The third-order valence-corrected chi connectivity index (χ3v) is 4.38. The van der Waals surface area contributed by atoms with Gasteiger partial charge in [-0.2, -0.15) is 0 Å². The van der Waals surface area contributed by atoms with Gasteiger partial charge in [-0.25, -0.2) is 9.78 Å². The van der Waals surface area contributed by atoms with Crippen molar-refractivity contribution < 1.29 is 22.7 Å². The molecule has 136 valence electrons. The molecule has 0 fully saturated rings. The molecule has 2 aromatic carbocycles. The molecule has 3 heterocycles. The zero-order valence-corrected chi connectivity index (χ0v) is 14.3. The number of para-hydroxylation sites is 1. The lowest BCUT2D eigenvalue weighted by Gasteiger charge is -2.04. The Labute approximate surface area is 152 Å². The van der Waals surface area contributed by atoms with Crippen molar-refractivity contribution in [2.24, 2.45) is 0 Å². The van der Waals surface area contributed by atoms with E-state index in [0.717, 1.165) is 28.5 Å². The molecule has 0 aliphatic heterocycles. The molecule has 0 saturated heterocycles. The van der Waals surface area contributed by atoms with Crippen molar-refractivity contribution in [1.82, 2.24) is 4.98 Å². The lowest BCUT2D eigenvalue weighted by atomic mass is 10.2. The molecule has 0 aliphatic carbocycles. The highest BCUT2D eigenvalue weighted by Gasteiger charge is 2.14. The van der Waals surface area contributed by atoms with Crippen LogP contribution in [-0.2, 0) is 17.8 Å². The first-order valence-corrected chi connectivity index (χ1v) is 8.64. The molecule has 7 heteroatoms. The molecule has 5 aromatic rings. The molecule has 0 N–H and O–H groups in total. The summed E-state index contributed by atoms with van der Waals surface area (Å²) in [5.74, 6) is 0.504. The van der Waals surface area contributed by atoms with Crippen LogP contribution in [0.15, 0.2) is 65.2 Å². The van der Waals surface area contributed by atoms with Gasteiger partial charge in [0.25, 0.3) is 0 Å². The second kappa shape index (κ2) is 6.44. The number of aryl methyl sites for hydroxylation is 1. The number of hydrogen-bond acceptors (Lipinski definition) is 7. The Morgan fingerprint density at radius 1 is 0.963 bits per heavy atom. The molecule has 0 atom stereocenters. The molecule has 27 heavy (non-hydrogen) atoms. The average Bonchev–Trinajstić information content (AvgIpc) is 3.09. The Morgan fingerprint density at radius 2 is 1.85 bits per heavy atom. The van der Waals surface area contributed by atoms with Crippen molar-refractivity contribution in [3.63, 3.8) is 0 Å². The van der Waals surface area contributed by atoms with E-state index in [-0.39, 0.29) is 5.58 Å². The van der Waals surface area contributed by atoms with Crippen molar-refractivity contribution in [2.75, 3.05) is 6.61 Å². The van der Waals surface area contributed by atoms with Crippen LogP contribution >= 0.6 is 0 Å². The van der Waals surface area contributed by atoms with Crippen LogP contribution < -0.4 is 5.63 Å². The first-order chi connectivity index (χ1) is 13.3. The van der Waals surface area contributed by atoms with Crippen LogP contribution in [-0.4, -0.2) is 11.6 Å². The van der Waals surface area contributed by atoms with Gasteiger partial charge in [0, 0.05) is 18.4 Å². The number of rotatable bonds is 6. The van der Waals surface area contributed by atoms with Gasteiger partial charge in [0.05, 0.1) is 6.61 Å². The van der Waals surface area contributed by atoms with Crippen molar-refractivity contribution in [2.45, 2.75) is 19.4 Å². The van der Waals surface area contributed by atoms with E-state index in [4.69, 9.17) is 22.7 Å². The summed E-state index contributed by atoms with van der Waals surface area (Å²) in [5.41, 5.74) is 3.19. The standard InChI is InChI=1S/C20H15NO6/c22-20-19-18(13-4-1-2-5-14(13)24-20)21-17(25-19)6-3-9-23-11-12-7-8-15-16(10-12)27-26-15/h1-2,4-5,7-8,10H,3,6,9,11H2. The van der Waals surface area contributed by atoms with Crippen molar-refractivity contribution in [3.8, 4) is 0 Å². The Bertz CT molecular complexity index is 1290. The highest BCUT2D eigenvalue weighted by molar-refractivity contribution is 5.99. The number of aromatic nitrogens is 1. The van der Waals surface area contributed by atoms with E-state index in [0.29, 0.717) is 36.6 Å². The smallest absolute Gasteiger partial charge is 0.382 e. The minimum atomic E-state index is -0.509. The van der Waals surface area contributed by atoms with Crippen LogP contribution in [0, 0.1) is 0 Å². The largest absolute Gasteiger partial charge is 0.433 e. The topological polar surface area (TPSA) is 91.8 Å². The Balaban J connectivity index is 1.23. The summed E-state index contributed by atoms with van der Waals surface area (Å²) >= 11 is 0. The van der Waals surface area contributed by atoms with Crippen molar-refractivity contribution in [1.29, 1.82) is 0 Å². The average molecular weight is 365 g/mol. The highest BCUT2D eigenvalue weighted by Crippen LogP contribution is 2.23. The minimum Gasteiger partial charge on any atom is -0.433 e. The SMILES string of the molecule is O=c1oc2ccccc2c2nc(CCCOCc3ccc4ooc4c3)oc12. The van der Waals surface area contributed by atoms with E-state index in [1.807, 2.05) is 36.4 Å². The monoisotopic (exact) mass is 365 g/mol. The third-order valence-electron chi connectivity index (χ3n) is 4.38. The van der Waals surface area contributed by atoms with Gasteiger partial charge in [-0.3, -0.25) is 9.15 Å². The van der Waals surface area contributed by atoms with Gasteiger partial charge in [0.15, 0.2) is 5.89 Å². The molecular formula is C20H15NO6. The molecule has 7 nitrogen and oxygen atoms in total. The van der Waals surface area contributed by atoms with Crippen molar-refractivity contribution in [3.05, 3.63) is 64.3 Å². The number of benzene rings is 2. The summed E-state index contributed by atoms with van der Waals surface area (Å²) in [6.07, 6.45) is 1.30. The van der Waals surface area contributed by atoms with Crippen LogP contribution in [0.5, 0.6) is 0 Å². The summed E-state index contributed by atoms with van der Waals surface area (Å²) in [5, 5.41) is 0.769. The van der Waals surface area contributed by atoms with E-state index in [2.05, 4.69) is 4.98 Å². The molecule has 0 spiro atoms. The second-order valence-electron chi connectivity index (χ2n) is 6.27.